The van der Waals surface area contributed by atoms with Gasteiger partial charge in [0.25, 0.3) is 5.56 Å². The number of aromatic amines is 1. The van der Waals surface area contributed by atoms with Crippen LogP contribution in [0.2, 0.25) is 0 Å². The topological polar surface area (TPSA) is 94.3 Å². The molecule has 0 spiro atoms. The number of aromatic nitrogens is 7. The summed E-state index contributed by atoms with van der Waals surface area (Å²) in [4.78, 5) is 20.9. The van der Waals surface area contributed by atoms with Crippen molar-refractivity contribution in [2.45, 2.75) is 18.9 Å². The van der Waals surface area contributed by atoms with Crippen LogP contribution in [0.1, 0.15) is 17.0 Å². The molecule has 192 valence electrons. The Hall–Kier alpha value is -4.75. The summed E-state index contributed by atoms with van der Waals surface area (Å²) in [6, 6.07) is 8.94. The molecule has 0 fully saturated rings. The molecule has 0 aliphatic rings. The third-order valence-corrected chi connectivity index (χ3v) is 6.00. The Balaban J connectivity index is 1.58. The number of benzene rings is 1. The summed E-state index contributed by atoms with van der Waals surface area (Å²) in [5, 5.41) is 12.0. The van der Waals surface area contributed by atoms with Crippen molar-refractivity contribution in [3.05, 3.63) is 88.4 Å². The number of nitrogens with one attached hydrogen (secondary N) is 1. The molecule has 0 amide bonds. The molecule has 6 rings (SSSR count). The van der Waals surface area contributed by atoms with E-state index in [0.717, 1.165) is 22.9 Å². The van der Waals surface area contributed by atoms with Crippen LogP contribution < -0.4 is 5.56 Å². The number of nitrogens with zero attached hydrogens (tertiary/aromatic N) is 6. The maximum atomic E-state index is 13.7. The van der Waals surface area contributed by atoms with Gasteiger partial charge in [0.2, 0.25) is 0 Å². The third-order valence-electron chi connectivity index (χ3n) is 6.00. The van der Waals surface area contributed by atoms with Crippen molar-refractivity contribution in [3.63, 3.8) is 0 Å². The van der Waals surface area contributed by atoms with E-state index in [1.807, 2.05) is 0 Å². The molecular weight excluding hydrogens is 516 g/mol. The molecule has 0 aliphatic heterocycles. The van der Waals surface area contributed by atoms with Gasteiger partial charge in [-0.25, -0.2) is 4.98 Å². The number of pyridine rings is 3. The SMILES string of the molecule is O=c1c2nn(Cc3ccc(C(F)(F)F)nc3)cc2c2ccc(C(F)(F)F)nc2n1-c1cccc2[nH]ncc12. The molecule has 0 saturated carbocycles. The van der Waals surface area contributed by atoms with E-state index >= 15 is 0 Å². The Morgan fingerprint density at radius 1 is 0.842 bits per heavy atom. The van der Waals surface area contributed by atoms with E-state index in [9.17, 15) is 31.1 Å². The Morgan fingerprint density at radius 3 is 2.32 bits per heavy atom. The molecule has 6 aromatic rings. The van der Waals surface area contributed by atoms with Gasteiger partial charge in [-0.05, 0) is 35.9 Å². The van der Waals surface area contributed by atoms with Gasteiger partial charge >= 0.3 is 12.4 Å². The first-order valence-corrected chi connectivity index (χ1v) is 11.0. The highest BCUT2D eigenvalue weighted by Crippen LogP contribution is 2.32. The predicted molar refractivity (Wildman–Crippen MR) is 124 cm³/mol. The maximum Gasteiger partial charge on any atom is 0.433 e. The molecule has 1 aromatic carbocycles. The van der Waals surface area contributed by atoms with E-state index < -0.39 is 29.3 Å². The van der Waals surface area contributed by atoms with Crippen molar-refractivity contribution in [2.24, 2.45) is 0 Å². The molecule has 0 saturated heterocycles. The standard InChI is InChI=1S/C24H13F6N7O/c25-23(26,27)18-6-4-12(8-31-18)10-36-11-15-13-5-7-19(24(28,29)30)33-21(13)37(22(38)20(15)35-36)17-3-1-2-16-14(17)9-32-34-16/h1-9,11H,10H2,(H,32,34). The van der Waals surface area contributed by atoms with Crippen LogP contribution in [-0.4, -0.2) is 34.5 Å². The maximum absolute atomic E-state index is 13.7. The van der Waals surface area contributed by atoms with Gasteiger partial charge in [-0.1, -0.05) is 12.1 Å². The van der Waals surface area contributed by atoms with Crippen molar-refractivity contribution in [1.29, 1.82) is 0 Å². The van der Waals surface area contributed by atoms with E-state index in [2.05, 4.69) is 25.3 Å². The number of halogens is 6. The van der Waals surface area contributed by atoms with Gasteiger partial charge in [-0.3, -0.25) is 24.1 Å². The summed E-state index contributed by atoms with van der Waals surface area (Å²) >= 11 is 0. The largest absolute Gasteiger partial charge is 0.433 e. The Bertz CT molecular complexity index is 1900. The molecule has 14 heteroatoms. The summed E-state index contributed by atoms with van der Waals surface area (Å²) < 4.78 is 81.6. The van der Waals surface area contributed by atoms with E-state index in [1.54, 1.807) is 18.2 Å². The van der Waals surface area contributed by atoms with Gasteiger partial charge in [0.1, 0.15) is 17.0 Å². The summed E-state index contributed by atoms with van der Waals surface area (Å²) in [5.74, 6) is 0. The molecule has 1 N–H and O–H groups in total. The second-order valence-electron chi connectivity index (χ2n) is 8.45. The highest BCUT2D eigenvalue weighted by Gasteiger charge is 2.34. The third kappa shape index (κ3) is 3.84. The molecule has 5 aromatic heterocycles. The highest BCUT2D eigenvalue weighted by molar-refractivity contribution is 6.04. The first kappa shape index (κ1) is 23.6. The zero-order valence-electron chi connectivity index (χ0n) is 18.8. The van der Waals surface area contributed by atoms with Gasteiger partial charge in [-0.15, -0.1) is 0 Å². The number of H-pyrrole nitrogens is 1. The monoisotopic (exact) mass is 529 g/mol. The summed E-state index contributed by atoms with van der Waals surface area (Å²) in [5.41, 5.74) is -2.08. The van der Waals surface area contributed by atoms with Crippen LogP contribution in [0, 0.1) is 0 Å². The van der Waals surface area contributed by atoms with Crippen LogP contribution >= 0.6 is 0 Å². The minimum absolute atomic E-state index is 0.0356. The van der Waals surface area contributed by atoms with E-state index in [0.29, 0.717) is 16.5 Å². The first-order valence-electron chi connectivity index (χ1n) is 11.0. The van der Waals surface area contributed by atoms with Crippen LogP contribution in [0.3, 0.4) is 0 Å². The molecule has 8 nitrogen and oxygen atoms in total. The average Bonchev–Trinajstić information content (AvgIpc) is 3.51. The molecule has 0 radical (unpaired) electrons. The number of rotatable bonds is 3. The fourth-order valence-electron chi connectivity index (χ4n) is 4.29. The number of alkyl halides is 6. The van der Waals surface area contributed by atoms with Crippen molar-refractivity contribution < 1.29 is 26.3 Å². The molecule has 0 atom stereocenters. The predicted octanol–water partition coefficient (Wildman–Crippen LogP) is 5.09. The lowest BCUT2D eigenvalue weighted by atomic mass is 10.1. The minimum atomic E-state index is -4.76. The number of hydrogen-bond donors (Lipinski definition) is 1. The lowest BCUT2D eigenvalue weighted by Gasteiger charge is -2.13. The lowest BCUT2D eigenvalue weighted by molar-refractivity contribution is -0.141. The quantitative estimate of drug-likeness (QED) is 0.322. The van der Waals surface area contributed by atoms with Gasteiger partial charge in [0.15, 0.2) is 5.52 Å². The Kier molecular flexibility index (Phi) is 5.06. The fraction of sp³-hybridized carbons (Fsp3) is 0.125. The number of hydrogen-bond acceptors (Lipinski definition) is 5. The second-order valence-corrected chi connectivity index (χ2v) is 8.45. The van der Waals surface area contributed by atoms with Gasteiger partial charge in [0, 0.05) is 28.6 Å². The van der Waals surface area contributed by atoms with Gasteiger partial charge in [0.05, 0.1) is 23.9 Å². The summed E-state index contributed by atoms with van der Waals surface area (Å²) in [6.07, 6.45) is -5.43. The van der Waals surface area contributed by atoms with Gasteiger partial charge in [-0.2, -0.15) is 36.5 Å². The van der Waals surface area contributed by atoms with E-state index in [4.69, 9.17) is 0 Å². The number of fused-ring (bicyclic) bond motifs is 4. The average molecular weight is 529 g/mol. The molecule has 5 heterocycles. The van der Waals surface area contributed by atoms with Crippen LogP contribution in [0.15, 0.2) is 65.8 Å². The van der Waals surface area contributed by atoms with Crippen LogP contribution in [0.5, 0.6) is 0 Å². The highest BCUT2D eigenvalue weighted by atomic mass is 19.4. The Morgan fingerprint density at radius 2 is 1.61 bits per heavy atom. The smallest absolute Gasteiger partial charge is 0.278 e. The first-order chi connectivity index (χ1) is 18.0. The van der Waals surface area contributed by atoms with Crippen molar-refractivity contribution in [2.75, 3.05) is 0 Å². The molecule has 0 bridgehead atoms. The van der Waals surface area contributed by atoms with Crippen molar-refractivity contribution >= 4 is 32.8 Å². The fourth-order valence-corrected chi connectivity index (χ4v) is 4.29. The summed E-state index contributed by atoms with van der Waals surface area (Å²) in [7, 11) is 0. The minimum Gasteiger partial charge on any atom is -0.278 e. The normalized spacial score (nSPS) is 12.7. The van der Waals surface area contributed by atoms with E-state index in [-0.39, 0.29) is 34.2 Å². The zero-order valence-corrected chi connectivity index (χ0v) is 18.8. The lowest BCUT2D eigenvalue weighted by Crippen LogP contribution is -2.21. The molecule has 0 unspecified atom stereocenters. The second kappa shape index (κ2) is 8.13. The van der Waals surface area contributed by atoms with Crippen molar-refractivity contribution in [1.82, 2.24) is 34.5 Å². The molecule has 38 heavy (non-hydrogen) atoms. The Labute approximate surface area is 207 Å². The zero-order chi connectivity index (χ0) is 26.8. The van der Waals surface area contributed by atoms with E-state index in [1.165, 1.54) is 29.2 Å². The molecular formula is C24H13F6N7O. The summed E-state index contributed by atoms with van der Waals surface area (Å²) in [6.45, 7) is -0.0356. The molecule has 0 aliphatic carbocycles. The van der Waals surface area contributed by atoms with Crippen LogP contribution in [0.25, 0.3) is 38.5 Å². The van der Waals surface area contributed by atoms with Crippen LogP contribution in [-0.2, 0) is 18.9 Å². The van der Waals surface area contributed by atoms with Crippen molar-refractivity contribution in [3.8, 4) is 5.69 Å². The van der Waals surface area contributed by atoms with Crippen LogP contribution in [0.4, 0.5) is 26.3 Å². The van der Waals surface area contributed by atoms with Gasteiger partial charge < -0.3 is 0 Å².